The van der Waals surface area contributed by atoms with Gasteiger partial charge >= 0.3 is 0 Å². The van der Waals surface area contributed by atoms with E-state index in [2.05, 4.69) is 108 Å². The minimum absolute atomic E-state index is 0. The van der Waals surface area contributed by atoms with Crippen LogP contribution in [0, 0.1) is 23.1 Å². The lowest BCUT2D eigenvalue weighted by molar-refractivity contribution is 0.0863. The number of oxime groups is 1. The van der Waals surface area contributed by atoms with E-state index in [0.29, 0.717) is 5.41 Å². The monoisotopic (exact) mass is 727 g/mol. The molecule has 1 fully saturated rings. The molecule has 0 heterocycles. The maximum atomic E-state index is 12.5. The van der Waals surface area contributed by atoms with Crippen molar-refractivity contribution >= 4 is 15.7 Å². The summed E-state index contributed by atoms with van der Waals surface area (Å²) in [5.74, 6) is 1.37. The Morgan fingerprint density at radius 3 is 1.53 bits per heavy atom. The third-order valence-electron chi connectivity index (χ3n) is 8.03. The highest BCUT2D eigenvalue weighted by molar-refractivity contribution is 7.90. The maximum absolute atomic E-state index is 12.5. The van der Waals surface area contributed by atoms with Crippen LogP contribution in [-0.4, -0.2) is 31.5 Å². The first kappa shape index (κ1) is 49.8. The average Bonchev–Trinajstić information content (AvgIpc) is 3.85. The highest BCUT2D eigenvalue weighted by Crippen LogP contribution is 2.36. The number of fused-ring (bicyclic) bond motifs is 3. The van der Waals surface area contributed by atoms with Gasteiger partial charge in [0.2, 0.25) is 10.0 Å². The van der Waals surface area contributed by atoms with Crippen LogP contribution in [0.25, 0.3) is 11.1 Å². The van der Waals surface area contributed by atoms with Gasteiger partial charge in [0.15, 0.2) is 0 Å². The molecule has 0 unspecified atom stereocenters. The summed E-state index contributed by atoms with van der Waals surface area (Å²) in [5, 5.41) is 4.23. The number of rotatable bonds is 8. The summed E-state index contributed by atoms with van der Waals surface area (Å²) in [6, 6.07) is 23.4. The first-order chi connectivity index (χ1) is 22.9. The molecule has 0 aromatic heterocycles. The van der Waals surface area contributed by atoms with E-state index in [0.717, 1.165) is 47.9 Å². The molecule has 0 bridgehead atoms. The molecule has 0 amide bonds. The van der Waals surface area contributed by atoms with E-state index in [9.17, 15) is 12.8 Å². The fourth-order valence-electron chi connectivity index (χ4n) is 4.16. The number of hydrogen-bond acceptors (Lipinski definition) is 4. The molecular formula is C44H71FN2O3S. The molecule has 7 heteroatoms. The summed E-state index contributed by atoms with van der Waals surface area (Å²) in [7, 11) is -2.94. The van der Waals surface area contributed by atoms with E-state index in [1.54, 1.807) is 0 Å². The Morgan fingerprint density at radius 1 is 0.784 bits per heavy atom. The molecule has 2 aliphatic rings. The molecule has 0 atom stereocenters. The Balaban J connectivity index is 0. The zero-order chi connectivity index (χ0) is 37.4. The van der Waals surface area contributed by atoms with Crippen molar-refractivity contribution in [3.63, 3.8) is 0 Å². The van der Waals surface area contributed by atoms with Crippen LogP contribution in [-0.2, 0) is 21.3 Å². The van der Waals surface area contributed by atoms with Crippen molar-refractivity contribution in [2.75, 3.05) is 0 Å². The molecule has 3 aromatic carbocycles. The molecular weight excluding hydrogens is 656 g/mol. The van der Waals surface area contributed by atoms with Crippen molar-refractivity contribution in [1.29, 1.82) is 0 Å². The fourth-order valence-corrected chi connectivity index (χ4v) is 5.77. The van der Waals surface area contributed by atoms with Crippen molar-refractivity contribution in [2.24, 2.45) is 22.4 Å². The summed E-state index contributed by atoms with van der Waals surface area (Å²) in [6.07, 6.45) is 3.99. The predicted octanol–water partition coefficient (Wildman–Crippen LogP) is 12.5. The lowest BCUT2D eigenvalue weighted by Crippen LogP contribution is -2.32. The standard InChI is InChI=1S/C16H15NO.C11H15F.C7H16.C6H13NO2S.C2H4.2CH4/c1-11(2)18-17-16-14-9-5-3-7-12(14)13-8-4-6-10-15(13)16;1-9(2)3-4-10-5-7-11(12)8-6-10;1-6(2)7(3,4)5;1-5(2)7-10(8,9)6-3-4-6;1-2;;/h3-11H,1-2H3;5-9H,3-4H2,1-2H3;6H,1-5H3;5-7H,3-4H2,1-2H3;1-2H2;2*1H4. The molecule has 5 nitrogen and oxygen atoms in total. The van der Waals surface area contributed by atoms with Crippen LogP contribution in [0.5, 0.6) is 0 Å². The zero-order valence-corrected chi connectivity index (χ0v) is 32.8. The maximum Gasteiger partial charge on any atom is 0.214 e. The van der Waals surface area contributed by atoms with Crippen LogP contribution in [0.1, 0.15) is 127 Å². The zero-order valence-electron chi connectivity index (χ0n) is 32.0. The molecule has 0 aliphatic heterocycles. The van der Waals surface area contributed by atoms with Crippen molar-refractivity contribution in [3.05, 3.63) is 108 Å². The van der Waals surface area contributed by atoms with E-state index < -0.39 is 10.0 Å². The number of hydrogen-bond donors (Lipinski definition) is 1. The van der Waals surface area contributed by atoms with Gasteiger partial charge in [0, 0.05) is 17.2 Å². The van der Waals surface area contributed by atoms with E-state index in [-0.39, 0.29) is 38.1 Å². The van der Waals surface area contributed by atoms with Gasteiger partial charge in [-0.25, -0.2) is 17.5 Å². The molecule has 3 aromatic rings. The van der Waals surface area contributed by atoms with Gasteiger partial charge in [0.25, 0.3) is 0 Å². The number of sulfonamides is 1. The molecule has 5 rings (SSSR count). The highest BCUT2D eigenvalue weighted by atomic mass is 32.2. The number of nitrogens with one attached hydrogen (secondary N) is 1. The topological polar surface area (TPSA) is 67.8 Å². The van der Waals surface area contributed by atoms with Gasteiger partial charge in [-0.1, -0.05) is 129 Å². The van der Waals surface area contributed by atoms with Crippen molar-refractivity contribution in [3.8, 4) is 11.1 Å². The minimum Gasteiger partial charge on any atom is -0.393 e. The Hall–Kier alpha value is -3.29. The van der Waals surface area contributed by atoms with Gasteiger partial charge in [-0.2, -0.15) is 0 Å². The number of halogens is 1. The second-order valence-corrected chi connectivity index (χ2v) is 16.8. The van der Waals surface area contributed by atoms with E-state index >= 15 is 0 Å². The SMILES string of the molecule is C.C.C=C.CC(C)C(C)(C)C.CC(C)CCc1ccc(F)cc1.CC(C)NS(=O)(=O)C1CC1.CC(C)ON=C1c2ccccc2-c2ccccc21. The van der Waals surface area contributed by atoms with E-state index in [1.165, 1.54) is 35.2 Å². The fraction of sp³-hybridized carbons (Fsp3) is 0.523. The van der Waals surface area contributed by atoms with Crippen LogP contribution in [0.3, 0.4) is 0 Å². The Bertz CT molecular complexity index is 1470. The van der Waals surface area contributed by atoms with Crippen LogP contribution in [0.15, 0.2) is 91.1 Å². The number of nitrogens with zero attached hydrogens (tertiary/aromatic N) is 1. The van der Waals surface area contributed by atoms with Crippen LogP contribution in [0.2, 0.25) is 0 Å². The van der Waals surface area contributed by atoms with Gasteiger partial charge in [0.05, 0.1) is 5.25 Å². The van der Waals surface area contributed by atoms with Crippen molar-refractivity contribution < 1.29 is 17.6 Å². The number of benzene rings is 3. The van der Waals surface area contributed by atoms with Crippen LogP contribution in [0.4, 0.5) is 4.39 Å². The predicted molar refractivity (Wildman–Crippen MR) is 223 cm³/mol. The molecule has 0 spiro atoms. The molecule has 288 valence electrons. The third-order valence-corrected chi connectivity index (χ3v) is 10.2. The molecule has 1 N–H and O–H groups in total. The number of aryl methyl sites for hydroxylation is 1. The van der Waals surface area contributed by atoms with Gasteiger partial charge in [-0.05, 0) is 99.5 Å². The van der Waals surface area contributed by atoms with Crippen molar-refractivity contribution in [2.45, 2.75) is 134 Å². The largest absolute Gasteiger partial charge is 0.393 e. The Kier molecular flexibility index (Phi) is 23.5. The summed E-state index contributed by atoms with van der Waals surface area (Å²) in [5.41, 5.74) is 7.44. The van der Waals surface area contributed by atoms with Crippen LogP contribution < -0.4 is 4.72 Å². The molecule has 0 radical (unpaired) electrons. The van der Waals surface area contributed by atoms with Crippen LogP contribution >= 0.6 is 0 Å². The Labute approximate surface area is 313 Å². The molecule has 0 saturated heterocycles. The minimum atomic E-state index is -2.94. The highest BCUT2D eigenvalue weighted by Gasteiger charge is 2.35. The second-order valence-electron chi connectivity index (χ2n) is 14.8. The van der Waals surface area contributed by atoms with E-state index in [1.807, 2.05) is 52.0 Å². The quantitative estimate of drug-likeness (QED) is 0.145. The smallest absolute Gasteiger partial charge is 0.214 e. The molecule has 2 aliphatic carbocycles. The Morgan fingerprint density at radius 2 is 1.20 bits per heavy atom. The van der Waals surface area contributed by atoms with E-state index in [4.69, 9.17) is 4.84 Å². The van der Waals surface area contributed by atoms with Gasteiger partial charge in [-0.15, -0.1) is 13.2 Å². The van der Waals surface area contributed by atoms with Crippen molar-refractivity contribution in [1.82, 2.24) is 4.72 Å². The molecule has 1 saturated carbocycles. The first-order valence-electron chi connectivity index (χ1n) is 17.6. The molecule has 51 heavy (non-hydrogen) atoms. The van der Waals surface area contributed by atoms with Gasteiger partial charge in [-0.3, -0.25) is 0 Å². The lowest BCUT2D eigenvalue weighted by Gasteiger charge is -2.22. The summed E-state index contributed by atoms with van der Waals surface area (Å²) in [6.45, 7) is 29.3. The third kappa shape index (κ3) is 18.7. The second kappa shape index (κ2) is 24.0. The first-order valence-corrected chi connectivity index (χ1v) is 19.2. The lowest BCUT2D eigenvalue weighted by atomic mass is 9.84. The summed E-state index contributed by atoms with van der Waals surface area (Å²) in [4.78, 5) is 5.43. The van der Waals surface area contributed by atoms with Gasteiger partial charge < -0.3 is 4.84 Å². The summed E-state index contributed by atoms with van der Waals surface area (Å²) < 4.78 is 37.2. The van der Waals surface area contributed by atoms with Gasteiger partial charge in [0.1, 0.15) is 17.6 Å². The average molecular weight is 727 g/mol. The normalized spacial score (nSPS) is 12.6. The summed E-state index contributed by atoms with van der Waals surface area (Å²) >= 11 is 0.